The molecule has 4 nitrogen and oxygen atoms in total. The molecule has 0 fully saturated rings. The molecule has 0 aliphatic carbocycles. The zero-order valence-electron chi connectivity index (χ0n) is 2.54. The van der Waals surface area contributed by atoms with Crippen LogP contribution >= 0.6 is 0 Å². The van der Waals surface area contributed by atoms with Gasteiger partial charge in [0.1, 0.15) is 0 Å². The fourth-order valence-corrected chi connectivity index (χ4v) is 0. The molecule has 0 atom stereocenters. The second kappa shape index (κ2) is 4.82. The van der Waals surface area contributed by atoms with Crippen LogP contribution in [0.5, 0.6) is 0 Å². The van der Waals surface area contributed by atoms with Gasteiger partial charge in [-0.2, -0.15) is 0 Å². The van der Waals surface area contributed by atoms with Crippen LogP contribution in [0.1, 0.15) is 7.43 Å². The van der Waals surface area contributed by atoms with E-state index in [0.717, 1.165) is 0 Å². The number of hydrogen-bond donors (Lipinski definition) is 0. The summed E-state index contributed by atoms with van der Waals surface area (Å²) in [4.78, 5) is 0. The van der Waals surface area contributed by atoms with Gasteiger partial charge < -0.3 is 9.11 Å². The van der Waals surface area contributed by atoms with Crippen molar-refractivity contribution in [3.05, 3.63) is 0 Å². The molecule has 0 aliphatic rings. The topological polar surface area (TPSA) is 80.3 Å². The zero-order chi connectivity index (χ0) is 4.50. The largest absolute Gasteiger partial charge is 2.00 e. The third-order valence-corrected chi connectivity index (χ3v) is 0. The summed E-state index contributed by atoms with van der Waals surface area (Å²) in [5, 5.41) is 0. The van der Waals surface area contributed by atoms with Gasteiger partial charge in [0.25, 0.3) is 0 Å². The van der Waals surface area contributed by atoms with Crippen LogP contribution in [0.3, 0.4) is 0 Å². The van der Waals surface area contributed by atoms with Gasteiger partial charge in [0.15, 0.2) is 0 Å². The van der Waals surface area contributed by atoms with Gasteiger partial charge in [0, 0.05) is 10.4 Å². The van der Waals surface area contributed by atoms with Crippen LogP contribution in [0.25, 0.3) is 0 Å². The van der Waals surface area contributed by atoms with Crippen molar-refractivity contribution in [2.24, 2.45) is 0 Å². The van der Waals surface area contributed by atoms with Crippen molar-refractivity contribution in [2.75, 3.05) is 0 Å². The van der Waals surface area contributed by atoms with Crippen LogP contribution in [0.2, 0.25) is 0 Å². The van der Waals surface area contributed by atoms with Crippen LogP contribution in [-0.4, -0.2) is 41.4 Å². The molecule has 0 unspecified atom stereocenters. The van der Waals surface area contributed by atoms with Gasteiger partial charge in [-0.05, 0) is 0 Å². The summed E-state index contributed by atoms with van der Waals surface area (Å²) in [6, 6.07) is 0. The SMILES string of the molecule is C.O=S(=O)([O-])[O-].[Sn+2]. The first-order chi connectivity index (χ1) is 2.00. The van der Waals surface area contributed by atoms with Crippen molar-refractivity contribution in [3.8, 4) is 0 Å². The Morgan fingerprint density at radius 2 is 1.14 bits per heavy atom. The van der Waals surface area contributed by atoms with E-state index in [1.165, 1.54) is 0 Å². The number of rotatable bonds is 0. The van der Waals surface area contributed by atoms with Gasteiger partial charge in [-0.3, -0.25) is 8.42 Å². The summed E-state index contributed by atoms with van der Waals surface area (Å²) in [5.41, 5.74) is 0. The first-order valence-corrected chi connectivity index (χ1v) is 2.00. The molecule has 0 amide bonds. The van der Waals surface area contributed by atoms with E-state index >= 15 is 0 Å². The molecule has 0 bridgehead atoms. The Morgan fingerprint density at radius 1 is 1.14 bits per heavy atom. The summed E-state index contributed by atoms with van der Waals surface area (Å²) in [7, 11) is -5.17. The molecule has 0 aromatic rings. The van der Waals surface area contributed by atoms with Crippen molar-refractivity contribution in [2.45, 2.75) is 7.43 Å². The maximum atomic E-state index is 8.52. The summed E-state index contributed by atoms with van der Waals surface area (Å²) in [6.45, 7) is 0. The summed E-state index contributed by atoms with van der Waals surface area (Å²) in [5.74, 6) is 0. The van der Waals surface area contributed by atoms with E-state index in [9.17, 15) is 0 Å². The Bertz CT molecular complexity index is 94.9. The Morgan fingerprint density at radius 3 is 1.14 bits per heavy atom. The summed E-state index contributed by atoms with van der Waals surface area (Å²) < 4.78 is 34.1. The maximum absolute atomic E-state index is 8.52. The van der Waals surface area contributed by atoms with E-state index in [1.807, 2.05) is 0 Å². The van der Waals surface area contributed by atoms with Gasteiger partial charge >= 0.3 is 23.9 Å². The minimum absolute atomic E-state index is 0. The van der Waals surface area contributed by atoms with E-state index in [-0.39, 0.29) is 31.3 Å². The van der Waals surface area contributed by atoms with E-state index in [4.69, 9.17) is 17.5 Å². The molecule has 0 aliphatic heterocycles. The molecule has 0 spiro atoms. The molecule has 2 radical (unpaired) electrons. The van der Waals surface area contributed by atoms with Gasteiger partial charge in [-0.1, -0.05) is 7.43 Å². The van der Waals surface area contributed by atoms with E-state index in [2.05, 4.69) is 0 Å². The molecule has 0 aromatic heterocycles. The molecule has 0 N–H and O–H groups in total. The quantitative estimate of drug-likeness (QED) is 0.301. The van der Waals surface area contributed by atoms with Crippen LogP contribution in [0.15, 0.2) is 0 Å². The molecular weight excluding hydrogens is 227 g/mol. The zero-order valence-corrected chi connectivity index (χ0v) is 6.21. The normalized spacial score (nSPS) is 8.29. The molecule has 0 saturated heterocycles. The number of hydrogen-bond acceptors (Lipinski definition) is 4. The third kappa shape index (κ3) is 325. The molecular formula is CH4O4SSn. The first kappa shape index (κ1) is 15.6. The molecule has 0 rings (SSSR count). The Hall–Kier alpha value is 0.669. The Kier molecular flexibility index (Phi) is 10.8. The molecule has 6 heteroatoms. The van der Waals surface area contributed by atoms with Crippen LogP contribution in [-0.2, 0) is 10.4 Å². The third-order valence-electron chi connectivity index (χ3n) is 0. The first-order valence-electron chi connectivity index (χ1n) is 0.667. The van der Waals surface area contributed by atoms with E-state index in [1.54, 1.807) is 0 Å². The van der Waals surface area contributed by atoms with Gasteiger partial charge in [-0.15, -0.1) is 0 Å². The Labute approximate surface area is 59.5 Å². The Balaban J connectivity index is -0.0000000800. The second-order valence-electron chi connectivity index (χ2n) is 0.408. The van der Waals surface area contributed by atoms with Crippen LogP contribution in [0, 0.1) is 0 Å². The van der Waals surface area contributed by atoms with Crippen molar-refractivity contribution in [3.63, 3.8) is 0 Å². The minimum atomic E-state index is -5.17. The van der Waals surface area contributed by atoms with Crippen molar-refractivity contribution < 1.29 is 17.5 Å². The minimum Gasteiger partial charge on any atom is -0.759 e. The van der Waals surface area contributed by atoms with Crippen molar-refractivity contribution >= 4 is 34.3 Å². The molecule has 0 saturated carbocycles. The van der Waals surface area contributed by atoms with E-state index < -0.39 is 10.4 Å². The van der Waals surface area contributed by atoms with E-state index in [0.29, 0.717) is 0 Å². The average Bonchev–Trinajstić information content (AvgIpc) is 0.722. The standard InChI is InChI=1S/CH4.H2O4S.Sn/c;1-5(2,3)4;/h1H4;(H2,1,2,3,4);/q;;+2/p-2. The van der Waals surface area contributed by atoms with Crippen LogP contribution in [0.4, 0.5) is 0 Å². The van der Waals surface area contributed by atoms with Crippen LogP contribution < -0.4 is 0 Å². The van der Waals surface area contributed by atoms with Gasteiger partial charge in [0.05, 0.1) is 0 Å². The average molecular weight is 231 g/mol. The fraction of sp³-hybridized carbons (Fsp3) is 1.00. The van der Waals surface area contributed by atoms with Gasteiger partial charge in [0.2, 0.25) is 0 Å². The predicted octanol–water partition coefficient (Wildman–Crippen LogP) is -1.08. The molecule has 42 valence electrons. The fourth-order valence-electron chi connectivity index (χ4n) is 0. The van der Waals surface area contributed by atoms with Crippen molar-refractivity contribution in [1.82, 2.24) is 0 Å². The molecule has 7 heavy (non-hydrogen) atoms. The maximum Gasteiger partial charge on any atom is 2.00 e. The monoisotopic (exact) mass is 232 g/mol. The molecule has 0 aromatic carbocycles. The second-order valence-corrected chi connectivity index (χ2v) is 1.22. The summed E-state index contributed by atoms with van der Waals surface area (Å²) in [6.07, 6.45) is 0. The van der Waals surface area contributed by atoms with Crippen molar-refractivity contribution in [1.29, 1.82) is 0 Å². The molecule has 0 heterocycles. The predicted molar refractivity (Wildman–Crippen MR) is 23.0 cm³/mol. The summed E-state index contributed by atoms with van der Waals surface area (Å²) >= 11 is 0. The van der Waals surface area contributed by atoms with Gasteiger partial charge in [-0.25, -0.2) is 0 Å². The smallest absolute Gasteiger partial charge is 0.759 e.